The second-order valence-corrected chi connectivity index (χ2v) is 10.5. The Bertz CT molecular complexity index is 1500. The number of carbonyl (C=O) groups is 3. The number of benzene rings is 2. The van der Waals surface area contributed by atoms with Crippen LogP contribution in [0.25, 0.3) is 11.6 Å². The molecular weight excluding hydrogens is 506 g/mol. The molecule has 1 fully saturated rings. The van der Waals surface area contributed by atoms with Gasteiger partial charge in [0.25, 0.3) is 17.7 Å². The van der Waals surface area contributed by atoms with E-state index in [9.17, 15) is 14.4 Å². The standard InChI is InChI=1S/C31H35N5O4/c1-18-27(32-20(3)28(18)31(39)36-14-12-35(4)13-15-36)17-25-24-16-22(8-11-26(24)34-30(25)38)29(37)33-19(2)21-6-9-23(40-5)10-7-21/h6-11,16-17,19,32H,12-15H2,1-5H3,(H,33,37)(H,34,38)/t19-/m1/s1. The van der Waals surface area contributed by atoms with Crippen molar-refractivity contribution in [3.05, 3.63) is 81.7 Å². The summed E-state index contributed by atoms with van der Waals surface area (Å²) in [6, 6.07) is 12.5. The van der Waals surface area contributed by atoms with Crippen molar-refractivity contribution in [2.75, 3.05) is 45.7 Å². The monoisotopic (exact) mass is 541 g/mol. The average Bonchev–Trinajstić information content (AvgIpc) is 3.41. The normalized spacial score (nSPS) is 17.0. The molecule has 40 heavy (non-hydrogen) atoms. The number of carbonyl (C=O) groups excluding carboxylic acids is 3. The first-order valence-electron chi connectivity index (χ1n) is 13.5. The van der Waals surface area contributed by atoms with Gasteiger partial charge in [-0.3, -0.25) is 14.4 Å². The number of aromatic nitrogens is 1. The maximum Gasteiger partial charge on any atom is 0.256 e. The highest BCUT2D eigenvalue weighted by Gasteiger charge is 2.28. The number of likely N-dealkylation sites (N-methyl/N-ethyl adjacent to an activating group) is 1. The van der Waals surface area contributed by atoms with Crippen molar-refractivity contribution in [1.29, 1.82) is 0 Å². The Morgan fingerprint density at radius 2 is 1.75 bits per heavy atom. The Kier molecular flexibility index (Phi) is 7.49. The van der Waals surface area contributed by atoms with Crippen LogP contribution in [0.15, 0.2) is 42.5 Å². The van der Waals surface area contributed by atoms with Crippen molar-refractivity contribution in [3.63, 3.8) is 0 Å². The Balaban J connectivity index is 1.39. The number of rotatable bonds is 6. The van der Waals surface area contributed by atoms with Gasteiger partial charge < -0.3 is 30.2 Å². The number of hydrogen-bond donors (Lipinski definition) is 3. The molecule has 3 amide bonds. The third kappa shape index (κ3) is 5.24. The van der Waals surface area contributed by atoms with Gasteiger partial charge in [-0.2, -0.15) is 0 Å². The minimum atomic E-state index is -0.252. The van der Waals surface area contributed by atoms with Crippen LogP contribution in [-0.4, -0.2) is 72.8 Å². The van der Waals surface area contributed by atoms with E-state index in [2.05, 4.69) is 27.6 Å². The number of nitrogens with zero attached hydrogens (tertiary/aromatic N) is 2. The summed E-state index contributed by atoms with van der Waals surface area (Å²) in [5.41, 5.74) is 6.06. The Labute approximate surface area is 234 Å². The zero-order chi connectivity index (χ0) is 28.6. The number of aromatic amines is 1. The molecule has 2 aromatic carbocycles. The summed E-state index contributed by atoms with van der Waals surface area (Å²) in [6.45, 7) is 8.76. The molecule has 9 heteroatoms. The SMILES string of the molecule is COc1ccc([C@@H](C)NC(=O)c2ccc3c(c2)C(=Cc2[nH]c(C)c(C(=O)N4CCN(C)CC4)c2C)C(=O)N3)cc1. The summed E-state index contributed by atoms with van der Waals surface area (Å²) in [4.78, 5) is 46.8. The minimum Gasteiger partial charge on any atom is -0.497 e. The first-order valence-corrected chi connectivity index (χ1v) is 13.5. The lowest BCUT2D eigenvalue weighted by Crippen LogP contribution is -2.47. The molecule has 2 aliphatic heterocycles. The van der Waals surface area contributed by atoms with Crippen molar-refractivity contribution in [2.45, 2.75) is 26.8 Å². The number of piperazine rings is 1. The van der Waals surface area contributed by atoms with Crippen molar-refractivity contribution >= 4 is 35.1 Å². The molecule has 3 heterocycles. The Hall–Kier alpha value is -4.37. The van der Waals surface area contributed by atoms with Crippen LogP contribution in [0.4, 0.5) is 5.69 Å². The molecule has 208 valence electrons. The summed E-state index contributed by atoms with van der Waals surface area (Å²) in [6.07, 6.45) is 1.77. The van der Waals surface area contributed by atoms with E-state index in [4.69, 9.17) is 4.74 Å². The maximum atomic E-state index is 13.3. The Morgan fingerprint density at radius 1 is 1.05 bits per heavy atom. The zero-order valence-electron chi connectivity index (χ0n) is 23.6. The van der Waals surface area contributed by atoms with E-state index in [1.54, 1.807) is 31.4 Å². The van der Waals surface area contributed by atoms with Gasteiger partial charge in [0.05, 0.1) is 24.3 Å². The van der Waals surface area contributed by atoms with Gasteiger partial charge in [0.2, 0.25) is 0 Å². The van der Waals surface area contributed by atoms with Crippen LogP contribution in [0.5, 0.6) is 5.75 Å². The molecule has 0 spiro atoms. The van der Waals surface area contributed by atoms with E-state index in [0.717, 1.165) is 35.7 Å². The van der Waals surface area contributed by atoms with E-state index in [0.29, 0.717) is 46.7 Å². The topological polar surface area (TPSA) is 107 Å². The largest absolute Gasteiger partial charge is 0.497 e. The van der Waals surface area contributed by atoms with Crippen LogP contribution >= 0.6 is 0 Å². The lowest BCUT2D eigenvalue weighted by atomic mass is 10.0. The second-order valence-electron chi connectivity index (χ2n) is 10.5. The molecule has 9 nitrogen and oxygen atoms in total. The minimum absolute atomic E-state index is 0.00482. The summed E-state index contributed by atoms with van der Waals surface area (Å²) >= 11 is 0. The van der Waals surface area contributed by atoms with Gasteiger partial charge >= 0.3 is 0 Å². The third-order valence-corrected chi connectivity index (χ3v) is 7.80. The predicted octanol–water partition coefficient (Wildman–Crippen LogP) is 4.01. The van der Waals surface area contributed by atoms with Crippen molar-refractivity contribution in [3.8, 4) is 5.75 Å². The smallest absolute Gasteiger partial charge is 0.256 e. The molecule has 0 unspecified atom stereocenters. The summed E-state index contributed by atoms with van der Waals surface area (Å²) < 4.78 is 5.21. The van der Waals surface area contributed by atoms with Crippen LogP contribution in [-0.2, 0) is 4.79 Å². The molecule has 0 radical (unpaired) electrons. The molecule has 0 bridgehead atoms. The van der Waals surface area contributed by atoms with Gasteiger partial charge in [-0.25, -0.2) is 0 Å². The van der Waals surface area contributed by atoms with Gasteiger partial charge in [0.15, 0.2) is 0 Å². The second kappa shape index (κ2) is 11.0. The molecule has 2 aliphatic rings. The van der Waals surface area contributed by atoms with Crippen LogP contribution in [0.2, 0.25) is 0 Å². The molecule has 1 aromatic heterocycles. The number of H-pyrrole nitrogens is 1. The first-order chi connectivity index (χ1) is 19.2. The number of aryl methyl sites for hydroxylation is 1. The molecule has 5 rings (SSSR count). The number of hydrogen-bond acceptors (Lipinski definition) is 5. The number of methoxy groups -OCH3 is 1. The van der Waals surface area contributed by atoms with E-state index in [1.807, 2.05) is 49.9 Å². The van der Waals surface area contributed by atoms with Crippen LogP contribution in [0.1, 0.15) is 61.8 Å². The zero-order valence-corrected chi connectivity index (χ0v) is 23.6. The average molecular weight is 542 g/mol. The van der Waals surface area contributed by atoms with Crippen LogP contribution < -0.4 is 15.4 Å². The molecular formula is C31H35N5O4. The predicted molar refractivity (Wildman–Crippen MR) is 155 cm³/mol. The summed E-state index contributed by atoms with van der Waals surface area (Å²) in [5.74, 6) is 0.264. The highest BCUT2D eigenvalue weighted by Crippen LogP contribution is 2.35. The van der Waals surface area contributed by atoms with E-state index in [-0.39, 0.29) is 23.8 Å². The van der Waals surface area contributed by atoms with Gasteiger partial charge in [-0.1, -0.05) is 12.1 Å². The van der Waals surface area contributed by atoms with Gasteiger partial charge in [0, 0.05) is 54.4 Å². The lowest BCUT2D eigenvalue weighted by Gasteiger charge is -2.32. The molecule has 0 aliphatic carbocycles. The highest BCUT2D eigenvalue weighted by atomic mass is 16.5. The quantitative estimate of drug-likeness (QED) is 0.409. The van der Waals surface area contributed by atoms with Crippen molar-refractivity contribution in [1.82, 2.24) is 20.1 Å². The van der Waals surface area contributed by atoms with E-state index < -0.39 is 0 Å². The van der Waals surface area contributed by atoms with Crippen molar-refractivity contribution < 1.29 is 19.1 Å². The molecule has 1 atom stereocenters. The van der Waals surface area contributed by atoms with Gasteiger partial charge in [0.1, 0.15) is 5.75 Å². The van der Waals surface area contributed by atoms with Crippen molar-refractivity contribution in [2.24, 2.45) is 0 Å². The third-order valence-electron chi connectivity index (χ3n) is 7.80. The fourth-order valence-corrected chi connectivity index (χ4v) is 5.28. The van der Waals surface area contributed by atoms with Crippen LogP contribution in [0.3, 0.4) is 0 Å². The molecule has 3 N–H and O–H groups in total. The summed E-state index contributed by atoms with van der Waals surface area (Å²) in [7, 11) is 3.67. The highest BCUT2D eigenvalue weighted by molar-refractivity contribution is 6.35. The molecule has 1 saturated heterocycles. The fraction of sp³-hybridized carbons (Fsp3) is 0.323. The number of amides is 3. The summed E-state index contributed by atoms with van der Waals surface area (Å²) in [5, 5.41) is 5.91. The van der Waals surface area contributed by atoms with Gasteiger partial charge in [-0.05, 0) is 75.4 Å². The number of ether oxygens (including phenoxy) is 1. The first kappa shape index (κ1) is 27.2. The van der Waals surface area contributed by atoms with E-state index in [1.165, 1.54) is 0 Å². The number of anilines is 1. The molecule has 3 aromatic rings. The Morgan fingerprint density at radius 3 is 2.42 bits per heavy atom. The van der Waals surface area contributed by atoms with E-state index >= 15 is 0 Å². The fourth-order valence-electron chi connectivity index (χ4n) is 5.28. The number of nitrogens with one attached hydrogen (secondary N) is 3. The number of fused-ring (bicyclic) bond motifs is 1. The maximum absolute atomic E-state index is 13.3. The van der Waals surface area contributed by atoms with Gasteiger partial charge in [-0.15, -0.1) is 0 Å². The molecule has 0 saturated carbocycles. The van der Waals surface area contributed by atoms with Crippen LogP contribution in [0, 0.1) is 13.8 Å². The lowest BCUT2D eigenvalue weighted by molar-refractivity contribution is -0.110.